The van der Waals surface area contributed by atoms with Gasteiger partial charge < -0.3 is 14.8 Å². The monoisotopic (exact) mass is 319 g/mol. The number of rotatable bonds is 7. The van der Waals surface area contributed by atoms with Gasteiger partial charge in [0.1, 0.15) is 6.61 Å². The number of ether oxygens (including phenoxy) is 2. The summed E-state index contributed by atoms with van der Waals surface area (Å²) in [5, 5.41) is 2.42. The molecular weight excluding hydrogens is 298 g/mol. The summed E-state index contributed by atoms with van der Waals surface area (Å²) in [6.45, 7) is 8.08. The molecule has 6 heteroatoms. The summed E-state index contributed by atoms with van der Waals surface area (Å²) in [5.41, 5.74) is -0.567. The molecule has 1 amide bonds. The Labute approximate surface area is 135 Å². The number of alkyl carbamates (subject to hydrolysis) is 1. The van der Waals surface area contributed by atoms with Crippen LogP contribution in [-0.4, -0.2) is 36.6 Å². The fourth-order valence-corrected chi connectivity index (χ4v) is 1.67. The quantitative estimate of drug-likeness (QED) is 0.361. The van der Waals surface area contributed by atoms with E-state index in [9.17, 15) is 14.4 Å². The van der Waals surface area contributed by atoms with Gasteiger partial charge in [0.15, 0.2) is 5.60 Å². The van der Waals surface area contributed by atoms with E-state index < -0.39 is 17.7 Å². The van der Waals surface area contributed by atoms with Crippen molar-refractivity contribution in [2.75, 3.05) is 13.2 Å². The molecule has 0 radical (unpaired) electrons. The first-order chi connectivity index (χ1) is 10.7. The molecule has 0 unspecified atom stereocenters. The van der Waals surface area contributed by atoms with E-state index >= 15 is 0 Å². The van der Waals surface area contributed by atoms with Gasteiger partial charge in [-0.3, -0.25) is 4.79 Å². The Morgan fingerprint density at radius 1 is 1.17 bits per heavy atom. The minimum atomic E-state index is -1.31. The van der Waals surface area contributed by atoms with Gasteiger partial charge in [-0.05, 0) is 20.8 Å². The van der Waals surface area contributed by atoms with Gasteiger partial charge >= 0.3 is 12.1 Å². The second kappa shape index (κ2) is 8.12. The maximum Gasteiger partial charge on any atom is 0.408 e. The zero-order valence-electron chi connectivity index (χ0n) is 13.5. The van der Waals surface area contributed by atoms with Gasteiger partial charge in [-0.2, -0.15) is 0 Å². The van der Waals surface area contributed by atoms with E-state index in [1.807, 2.05) is 0 Å². The molecule has 0 aromatic heterocycles. The van der Waals surface area contributed by atoms with Crippen molar-refractivity contribution in [1.29, 1.82) is 0 Å². The van der Waals surface area contributed by atoms with Crippen LogP contribution in [0.2, 0.25) is 0 Å². The van der Waals surface area contributed by atoms with Crippen molar-refractivity contribution < 1.29 is 23.9 Å². The zero-order valence-corrected chi connectivity index (χ0v) is 13.5. The SMILES string of the molecule is C=C(C)C(=O)OCCNC(=O)OC(C)(C)C(=O)c1ccccc1. The van der Waals surface area contributed by atoms with Gasteiger partial charge in [0, 0.05) is 11.1 Å². The topological polar surface area (TPSA) is 81.7 Å². The number of hydrogen-bond donors (Lipinski definition) is 1. The molecule has 1 aromatic rings. The lowest BCUT2D eigenvalue weighted by atomic mass is 9.97. The lowest BCUT2D eigenvalue weighted by Crippen LogP contribution is -2.41. The minimum Gasteiger partial charge on any atom is -0.460 e. The maximum atomic E-state index is 12.3. The normalized spacial score (nSPS) is 10.6. The average Bonchev–Trinajstić information content (AvgIpc) is 2.50. The molecular formula is C17H21NO5. The molecule has 1 aromatic carbocycles. The Morgan fingerprint density at radius 2 is 1.78 bits per heavy atom. The molecule has 0 bridgehead atoms. The number of amides is 1. The fraction of sp³-hybridized carbons (Fsp3) is 0.353. The molecule has 0 atom stereocenters. The number of carbonyl (C=O) groups excluding carboxylic acids is 3. The van der Waals surface area contributed by atoms with Crippen LogP contribution < -0.4 is 5.32 Å². The summed E-state index contributed by atoms with van der Waals surface area (Å²) >= 11 is 0. The molecule has 0 saturated carbocycles. The van der Waals surface area contributed by atoms with Gasteiger partial charge in [-0.25, -0.2) is 9.59 Å². The largest absolute Gasteiger partial charge is 0.460 e. The highest BCUT2D eigenvalue weighted by Crippen LogP contribution is 2.17. The van der Waals surface area contributed by atoms with Crippen LogP contribution in [0.1, 0.15) is 31.1 Å². The van der Waals surface area contributed by atoms with Crippen LogP contribution in [-0.2, 0) is 14.3 Å². The number of hydrogen-bond acceptors (Lipinski definition) is 5. The van der Waals surface area contributed by atoms with E-state index in [2.05, 4.69) is 11.9 Å². The fourth-order valence-electron chi connectivity index (χ4n) is 1.67. The van der Waals surface area contributed by atoms with Crippen LogP contribution in [0.3, 0.4) is 0 Å². The highest BCUT2D eigenvalue weighted by atomic mass is 16.6. The molecule has 0 aliphatic rings. The molecule has 0 heterocycles. The summed E-state index contributed by atoms with van der Waals surface area (Å²) in [4.78, 5) is 35.2. The van der Waals surface area contributed by atoms with Crippen molar-refractivity contribution >= 4 is 17.8 Å². The van der Waals surface area contributed by atoms with Crippen molar-refractivity contribution in [2.45, 2.75) is 26.4 Å². The lowest BCUT2D eigenvalue weighted by molar-refractivity contribution is -0.138. The second-order valence-electron chi connectivity index (χ2n) is 5.44. The summed E-state index contributed by atoms with van der Waals surface area (Å²) < 4.78 is 9.98. The van der Waals surface area contributed by atoms with Crippen LogP contribution in [0.25, 0.3) is 0 Å². The molecule has 1 rings (SSSR count). The predicted octanol–water partition coefficient (Wildman–Crippen LogP) is 2.49. The average molecular weight is 319 g/mol. The molecule has 0 aliphatic heterocycles. The number of carbonyl (C=O) groups is 3. The Hall–Kier alpha value is -2.63. The van der Waals surface area contributed by atoms with Crippen molar-refractivity contribution in [3.63, 3.8) is 0 Å². The second-order valence-corrected chi connectivity index (χ2v) is 5.44. The van der Waals surface area contributed by atoms with Crippen LogP contribution in [0, 0.1) is 0 Å². The molecule has 6 nitrogen and oxygen atoms in total. The smallest absolute Gasteiger partial charge is 0.408 e. The summed E-state index contributed by atoms with van der Waals surface area (Å²) in [6, 6.07) is 8.58. The number of benzene rings is 1. The Bertz CT molecular complexity index is 592. The van der Waals surface area contributed by atoms with E-state index in [4.69, 9.17) is 9.47 Å². The summed E-state index contributed by atoms with van der Waals surface area (Å²) in [6.07, 6.45) is -0.759. The molecule has 23 heavy (non-hydrogen) atoms. The number of esters is 1. The van der Waals surface area contributed by atoms with E-state index in [0.717, 1.165) is 0 Å². The molecule has 0 aliphatic carbocycles. The van der Waals surface area contributed by atoms with Gasteiger partial charge in [-0.1, -0.05) is 36.9 Å². The van der Waals surface area contributed by atoms with Gasteiger partial charge in [0.05, 0.1) is 6.54 Å². The summed E-state index contributed by atoms with van der Waals surface area (Å²) in [7, 11) is 0. The van der Waals surface area contributed by atoms with E-state index in [1.165, 1.54) is 20.8 Å². The van der Waals surface area contributed by atoms with Gasteiger partial charge in [-0.15, -0.1) is 0 Å². The lowest BCUT2D eigenvalue weighted by Gasteiger charge is -2.23. The number of Topliss-reactive ketones (excluding diaryl/α,β-unsaturated/α-hetero) is 1. The Morgan fingerprint density at radius 3 is 2.35 bits per heavy atom. The third-order valence-electron chi connectivity index (χ3n) is 2.88. The van der Waals surface area contributed by atoms with Crippen molar-refractivity contribution in [3.05, 3.63) is 48.0 Å². The van der Waals surface area contributed by atoms with E-state index in [0.29, 0.717) is 5.56 Å². The standard InChI is InChI=1S/C17H21NO5/c1-12(2)15(20)22-11-10-18-16(21)23-17(3,4)14(19)13-8-6-5-7-9-13/h5-9H,1,10-11H2,2-4H3,(H,18,21). The highest BCUT2D eigenvalue weighted by molar-refractivity contribution is 6.02. The zero-order chi connectivity index (χ0) is 17.5. The molecule has 0 saturated heterocycles. The first-order valence-electron chi connectivity index (χ1n) is 7.13. The minimum absolute atomic E-state index is 0.00610. The highest BCUT2D eigenvalue weighted by Gasteiger charge is 2.32. The number of nitrogens with one attached hydrogen (secondary N) is 1. The van der Waals surface area contributed by atoms with Crippen molar-refractivity contribution in [2.24, 2.45) is 0 Å². The molecule has 0 fully saturated rings. The van der Waals surface area contributed by atoms with Crippen LogP contribution >= 0.6 is 0 Å². The summed E-state index contributed by atoms with van der Waals surface area (Å²) in [5.74, 6) is -0.832. The molecule has 0 spiro atoms. The number of ketones is 1. The third kappa shape index (κ3) is 5.94. The first-order valence-corrected chi connectivity index (χ1v) is 7.13. The van der Waals surface area contributed by atoms with E-state index in [-0.39, 0.29) is 24.5 Å². The predicted molar refractivity (Wildman–Crippen MR) is 85.1 cm³/mol. The maximum absolute atomic E-state index is 12.3. The Balaban J connectivity index is 2.45. The van der Waals surface area contributed by atoms with Gasteiger partial charge in [0.25, 0.3) is 0 Å². The van der Waals surface area contributed by atoms with Crippen LogP contribution in [0.5, 0.6) is 0 Å². The van der Waals surface area contributed by atoms with Crippen LogP contribution in [0.4, 0.5) is 4.79 Å². The van der Waals surface area contributed by atoms with Crippen LogP contribution in [0.15, 0.2) is 42.5 Å². The first kappa shape index (κ1) is 18.4. The van der Waals surface area contributed by atoms with Crippen molar-refractivity contribution in [1.82, 2.24) is 5.32 Å². The molecule has 1 N–H and O–H groups in total. The van der Waals surface area contributed by atoms with E-state index in [1.54, 1.807) is 30.3 Å². The molecule has 124 valence electrons. The van der Waals surface area contributed by atoms with Gasteiger partial charge in [0.2, 0.25) is 5.78 Å². The van der Waals surface area contributed by atoms with Crippen molar-refractivity contribution in [3.8, 4) is 0 Å². The third-order valence-corrected chi connectivity index (χ3v) is 2.88. The Kier molecular flexibility index (Phi) is 6.50.